The molecule has 2 heterocycles. The van der Waals surface area contributed by atoms with Crippen molar-refractivity contribution in [3.8, 4) is 11.1 Å². The van der Waals surface area contributed by atoms with Gasteiger partial charge in [-0.2, -0.15) is 0 Å². The number of rotatable bonds is 4. The summed E-state index contributed by atoms with van der Waals surface area (Å²) in [5.74, 6) is 0. The summed E-state index contributed by atoms with van der Waals surface area (Å²) in [7, 11) is 0. The molecule has 0 aromatic heterocycles. The molecular weight excluding hydrogens is 404 g/mol. The summed E-state index contributed by atoms with van der Waals surface area (Å²) in [6.45, 7) is 5.92. The van der Waals surface area contributed by atoms with Crippen LogP contribution in [0.5, 0.6) is 0 Å². The van der Waals surface area contributed by atoms with Gasteiger partial charge in [0.15, 0.2) is 0 Å². The Balaban J connectivity index is 1.50. The summed E-state index contributed by atoms with van der Waals surface area (Å²) in [5, 5.41) is 0. The van der Waals surface area contributed by atoms with Gasteiger partial charge in [-0.15, -0.1) is 0 Å². The highest BCUT2D eigenvalue weighted by Gasteiger charge is 2.47. The quantitative estimate of drug-likeness (QED) is 0.302. The molecular formula is C31H26O2. The van der Waals surface area contributed by atoms with Gasteiger partial charge in [0.1, 0.15) is 11.2 Å². The van der Waals surface area contributed by atoms with Crippen molar-refractivity contribution in [3.63, 3.8) is 0 Å². The van der Waals surface area contributed by atoms with Crippen molar-refractivity contribution in [3.05, 3.63) is 130 Å². The van der Waals surface area contributed by atoms with E-state index in [1.54, 1.807) is 0 Å². The first-order chi connectivity index (χ1) is 16.0. The van der Waals surface area contributed by atoms with E-state index >= 15 is 0 Å². The molecule has 4 aromatic rings. The van der Waals surface area contributed by atoms with Gasteiger partial charge in [-0.1, -0.05) is 97.1 Å². The fraction of sp³-hybridized carbons (Fsp3) is 0.226. The maximum absolute atomic E-state index is 5.71. The van der Waals surface area contributed by atoms with Crippen molar-refractivity contribution in [1.29, 1.82) is 0 Å². The first-order valence-electron chi connectivity index (χ1n) is 11.7. The van der Waals surface area contributed by atoms with Crippen LogP contribution in [-0.4, -0.2) is 13.2 Å². The summed E-state index contributed by atoms with van der Waals surface area (Å²) in [6.07, 6.45) is 0. The largest absolute Gasteiger partial charge is 0.365 e. The fourth-order valence-electron chi connectivity index (χ4n) is 5.72. The highest BCUT2D eigenvalue weighted by molar-refractivity contribution is 5.86. The van der Waals surface area contributed by atoms with E-state index in [1.165, 1.54) is 44.5 Å². The molecule has 2 atom stereocenters. The van der Waals surface area contributed by atoms with Crippen LogP contribution in [0.15, 0.2) is 97.1 Å². The Morgan fingerprint density at radius 3 is 1.18 bits per heavy atom. The van der Waals surface area contributed by atoms with E-state index < -0.39 is 0 Å². The van der Waals surface area contributed by atoms with Crippen LogP contribution in [0, 0.1) is 0 Å². The second-order valence-electron chi connectivity index (χ2n) is 10.0. The average molecular weight is 431 g/mol. The van der Waals surface area contributed by atoms with E-state index in [0.717, 1.165) is 13.2 Å². The van der Waals surface area contributed by atoms with Crippen LogP contribution in [0.3, 0.4) is 0 Å². The van der Waals surface area contributed by atoms with E-state index in [0.29, 0.717) is 0 Å². The number of ether oxygens (including phenoxy) is 2. The molecule has 2 fully saturated rings. The third-order valence-corrected chi connectivity index (χ3v) is 7.96. The molecule has 0 radical (unpaired) electrons. The normalized spacial score (nSPS) is 25.9. The molecule has 2 unspecified atom stereocenters. The summed E-state index contributed by atoms with van der Waals surface area (Å²) >= 11 is 0. The SMILES string of the molecule is CC1(c2ccc(C3(c4ccc(C5(C)CO5)cc4)c4ccccc4-c4ccccc43)cc2)CO1. The number of hydrogen-bond acceptors (Lipinski definition) is 2. The molecule has 0 spiro atoms. The van der Waals surface area contributed by atoms with Gasteiger partial charge in [0, 0.05) is 0 Å². The molecule has 7 rings (SSSR count). The Morgan fingerprint density at radius 1 is 0.485 bits per heavy atom. The Bertz CT molecular complexity index is 1260. The van der Waals surface area contributed by atoms with Gasteiger partial charge in [0.05, 0.1) is 18.6 Å². The maximum atomic E-state index is 5.71. The fourth-order valence-corrected chi connectivity index (χ4v) is 5.72. The van der Waals surface area contributed by atoms with Crippen LogP contribution in [0.2, 0.25) is 0 Å². The molecule has 3 aliphatic rings. The lowest BCUT2D eigenvalue weighted by Gasteiger charge is -2.34. The number of benzene rings is 4. The standard InChI is InChI=1S/C31H26O2/c1-29(19-32-29)21-11-15-23(16-12-21)31(24-17-13-22(14-18-24)30(2)20-33-30)27-9-5-3-7-25(27)26-8-4-6-10-28(26)31/h3-18H,19-20H2,1-2H3. The van der Waals surface area contributed by atoms with E-state index in [9.17, 15) is 0 Å². The van der Waals surface area contributed by atoms with Crippen molar-refractivity contribution >= 4 is 0 Å². The molecule has 4 aromatic carbocycles. The molecule has 33 heavy (non-hydrogen) atoms. The van der Waals surface area contributed by atoms with Gasteiger partial charge in [0.25, 0.3) is 0 Å². The second-order valence-corrected chi connectivity index (χ2v) is 10.0. The summed E-state index contributed by atoms with van der Waals surface area (Å²) in [5.41, 5.74) is 9.77. The lowest BCUT2D eigenvalue weighted by molar-refractivity contribution is 0.329. The minimum Gasteiger partial charge on any atom is -0.365 e. The highest BCUT2D eigenvalue weighted by atomic mass is 16.6. The average Bonchev–Trinajstić information content (AvgIpc) is 3.78. The number of hydrogen-bond donors (Lipinski definition) is 0. The molecule has 0 saturated carbocycles. The smallest absolute Gasteiger partial charge is 0.114 e. The first kappa shape index (κ1) is 19.3. The third kappa shape index (κ3) is 2.62. The summed E-state index contributed by atoms with van der Waals surface area (Å²) in [6, 6.07) is 36.0. The number of fused-ring (bicyclic) bond motifs is 3. The number of epoxide rings is 2. The van der Waals surface area contributed by atoms with Gasteiger partial charge in [-0.05, 0) is 58.4 Å². The van der Waals surface area contributed by atoms with Gasteiger partial charge in [-0.25, -0.2) is 0 Å². The van der Waals surface area contributed by atoms with E-state index in [2.05, 4.69) is 111 Å². The monoisotopic (exact) mass is 430 g/mol. The third-order valence-electron chi connectivity index (χ3n) is 7.96. The van der Waals surface area contributed by atoms with Crippen molar-refractivity contribution in [2.45, 2.75) is 30.5 Å². The molecule has 2 heteroatoms. The topological polar surface area (TPSA) is 25.1 Å². The van der Waals surface area contributed by atoms with Crippen LogP contribution in [0.25, 0.3) is 11.1 Å². The molecule has 0 N–H and O–H groups in total. The van der Waals surface area contributed by atoms with Crippen molar-refractivity contribution in [2.24, 2.45) is 0 Å². The molecule has 0 amide bonds. The Morgan fingerprint density at radius 2 is 0.818 bits per heavy atom. The van der Waals surface area contributed by atoms with Crippen LogP contribution >= 0.6 is 0 Å². The van der Waals surface area contributed by atoms with Gasteiger partial charge in [-0.3, -0.25) is 0 Å². The molecule has 2 nitrogen and oxygen atoms in total. The van der Waals surface area contributed by atoms with Gasteiger partial charge >= 0.3 is 0 Å². The molecule has 162 valence electrons. The Hall–Kier alpha value is -3.20. The Kier molecular flexibility index (Phi) is 3.76. The van der Waals surface area contributed by atoms with Crippen LogP contribution in [-0.2, 0) is 26.1 Å². The lowest BCUT2D eigenvalue weighted by atomic mass is 9.67. The van der Waals surface area contributed by atoms with E-state index in [4.69, 9.17) is 9.47 Å². The van der Waals surface area contributed by atoms with E-state index in [1.807, 2.05) is 0 Å². The van der Waals surface area contributed by atoms with Crippen LogP contribution < -0.4 is 0 Å². The summed E-state index contributed by atoms with van der Waals surface area (Å²) in [4.78, 5) is 0. The zero-order chi connectivity index (χ0) is 22.3. The minimum atomic E-state index is -0.360. The first-order valence-corrected chi connectivity index (χ1v) is 11.7. The maximum Gasteiger partial charge on any atom is 0.114 e. The predicted octanol–water partition coefficient (Wildman–Crippen LogP) is 6.54. The predicted molar refractivity (Wildman–Crippen MR) is 130 cm³/mol. The Labute approximate surface area is 194 Å². The molecule has 1 aliphatic carbocycles. The minimum absolute atomic E-state index is 0.126. The second kappa shape index (κ2) is 6.44. The summed E-state index contributed by atoms with van der Waals surface area (Å²) < 4.78 is 11.4. The van der Waals surface area contributed by atoms with Crippen molar-refractivity contribution in [1.82, 2.24) is 0 Å². The van der Waals surface area contributed by atoms with Crippen molar-refractivity contribution in [2.75, 3.05) is 13.2 Å². The zero-order valence-corrected chi connectivity index (χ0v) is 19.0. The highest BCUT2D eigenvalue weighted by Crippen LogP contribution is 2.56. The molecule has 2 saturated heterocycles. The molecule has 2 aliphatic heterocycles. The van der Waals surface area contributed by atoms with Crippen LogP contribution in [0.1, 0.15) is 47.2 Å². The van der Waals surface area contributed by atoms with Crippen LogP contribution in [0.4, 0.5) is 0 Å². The van der Waals surface area contributed by atoms with Gasteiger partial charge in [0.2, 0.25) is 0 Å². The van der Waals surface area contributed by atoms with E-state index in [-0.39, 0.29) is 16.6 Å². The zero-order valence-electron chi connectivity index (χ0n) is 19.0. The molecule has 0 bridgehead atoms. The van der Waals surface area contributed by atoms with Crippen molar-refractivity contribution < 1.29 is 9.47 Å². The lowest BCUT2D eigenvalue weighted by Crippen LogP contribution is -2.28. The van der Waals surface area contributed by atoms with Gasteiger partial charge < -0.3 is 9.47 Å².